The number of hydrogen-bond donors (Lipinski definition) is 2. The summed E-state index contributed by atoms with van der Waals surface area (Å²) in [6.07, 6.45) is 3.63. The summed E-state index contributed by atoms with van der Waals surface area (Å²) in [5.41, 5.74) is 4.53. The molecule has 1 fully saturated rings. The summed E-state index contributed by atoms with van der Waals surface area (Å²) in [4.78, 5) is 48.1. The molecule has 1 saturated carbocycles. The van der Waals surface area contributed by atoms with E-state index >= 15 is 0 Å². The van der Waals surface area contributed by atoms with Crippen LogP contribution in [0.15, 0.2) is 60.7 Å². The monoisotopic (exact) mass is 703 g/mol. The fraction of sp³-hybridized carbons (Fsp3) is 0.364. The zero-order chi connectivity index (χ0) is 33.9. The Morgan fingerprint density at radius 2 is 1.72 bits per heavy atom. The second-order valence-corrected chi connectivity index (χ2v) is 14.1. The largest absolute Gasteiger partial charge is 0.496 e. The molecule has 14 heteroatoms. The van der Waals surface area contributed by atoms with E-state index in [1.807, 2.05) is 0 Å². The van der Waals surface area contributed by atoms with Crippen LogP contribution in [0.4, 0.5) is 0 Å². The van der Waals surface area contributed by atoms with Crippen molar-refractivity contribution in [2.75, 3.05) is 20.5 Å². The summed E-state index contributed by atoms with van der Waals surface area (Å²) in [6.45, 7) is -0.161. The molecule has 5 rings (SSSR count). The maximum absolute atomic E-state index is 14.4. The summed E-state index contributed by atoms with van der Waals surface area (Å²) in [6, 6.07) is 14.2. The summed E-state index contributed by atoms with van der Waals surface area (Å²) in [5.74, 6) is -2.06. The van der Waals surface area contributed by atoms with Crippen LogP contribution >= 0.6 is 23.2 Å². The Morgan fingerprint density at radius 3 is 2.43 bits per heavy atom. The van der Waals surface area contributed by atoms with E-state index in [-0.39, 0.29) is 23.1 Å². The third kappa shape index (κ3) is 7.57. The lowest BCUT2D eigenvalue weighted by atomic mass is 9.76. The van der Waals surface area contributed by atoms with E-state index in [0.717, 1.165) is 19.1 Å². The number of amides is 2. The normalized spacial score (nSPS) is 21.1. The second kappa shape index (κ2) is 14.6. The predicted octanol–water partition coefficient (Wildman–Crippen LogP) is 5.18. The maximum atomic E-state index is 14.4. The molecule has 0 bridgehead atoms. The molecule has 11 nitrogen and oxygen atoms in total. The molecule has 0 unspecified atom stereocenters. The van der Waals surface area contributed by atoms with Crippen LogP contribution in [0.2, 0.25) is 10.0 Å². The van der Waals surface area contributed by atoms with E-state index in [0.29, 0.717) is 45.9 Å². The molecule has 1 aliphatic heterocycles. The van der Waals surface area contributed by atoms with Crippen molar-refractivity contribution in [3.05, 3.63) is 98.5 Å². The Hall–Kier alpha value is -3.68. The third-order valence-electron chi connectivity index (χ3n) is 8.49. The van der Waals surface area contributed by atoms with E-state index in [9.17, 15) is 22.8 Å². The van der Waals surface area contributed by atoms with E-state index < -0.39 is 45.9 Å². The minimum Gasteiger partial charge on any atom is -0.496 e. The van der Waals surface area contributed by atoms with Crippen LogP contribution in [0.5, 0.6) is 5.75 Å². The molecule has 1 heterocycles. The van der Waals surface area contributed by atoms with Crippen LogP contribution in [0.25, 0.3) is 0 Å². The van der Waals surface area contributed by atoms with Crippen LogP contribution < -0.4 is 14.9 Å². The van der Waals surface area contributed by atoms with Crippen molar-refractivity contribution in [2.45, 2.75) is 56.3 Å². The number of nitrogens with one attached hydrogen (secondary N) is 2. The van der Waals surface area contributed by atoms with Gasteiger partial charge in [-0.25, -0.2) is 23.4 Å². The number of halogens is 2. The molecule has 0 aromatic heterocycles. The number of methoxy groups -OCH3 is 2. The molecular weight excluding hydrogens is 669 g/mol. The summed E-state index contributed by atoms with van der Waals surface area (Å²) >= 11 is 13.0. The van der Waals surface area contributed by atoms with Gasteiger partial charge in [0.2, 0.25) is 10.0 Å². The number of ether oxygens (including phenoxy) is 2. The number of esters is 1. The number of benzene rings is 3. The van der Waals surface area contributed by atoms with E-state index in [1.165, 1.54) is 14.2 Å². The topological polar surface area (TPSA) is 140 Å². The highest BCUT2D eigenvalue weighted by atomic mass is 35.5. The van der Waals surface area contributed by atoms with Crippen LogP contribution in [-0.4, -0.2) is 63.7 Å². The highest BCUT2D eigenvalue weighted by Gasteiger charge is 2.49. The van der Waals surface area contributed by atoms with Crippen LogP contribution in [0, 0.1) is 0 Å². The first-order chi connectivity index (χ1) is 22.4. The van der Waals surface area contributed by atoms with Gasteiger partial charge < -0.3 is 14.4 Å². The maximum Gasteiger partial charge on any atom is 0.337 e. The fourth-order valence-corrected chi connectivity index (χ4v) is 7.86. The molecule has 3 aromatic carbocycles. The number of rotatable bonds is 10. The molecule has 0 saturated heterocycles. The van der Waals surface area contributed by atoms with Crippen molar-refractivity contribution < 1.29 is 37.1 Å². The number of carbonyl (C=O) groups is 3. The van der Waals surface area contributed by atoms with Gasteiger partial charge in [-0.15, -0.1) is 0 Å². The fourth-order valence-electron chi connectivity index (χ4n) is 6.51. The van der Waals surface area contributed by atoms with Crippen molar-refractivity contribution in [1.82, 2.24) is 15.1 Å². The first kappa shape index (κ1) is 34.6. The number of sulfonamides is 1. The van der Waals surface area contributed by atoms with Crippen LogP contribution in [0.3, 0.4) is 0 Å². The molecule has 2 N–H and O–H groups in total. The number of hydrogen-bond acceptors (Lipinski definition) is 8. The molecular formula is C33H35Cl2N3O8S. The second-order valence-electron chi connectivity index (χ2n) is 11.5. The van der Waals surface area contributed by atoms with E-state index in [4.69, 9.17) is 37.5 Å². The van der Waals surface area contributed by atoms with Gasteiger partial charge in [-0.1, -0.05) is 60.3 Å². The quantitative estimate of drug-likeness (QED) is 0.218. The molecule has 0 radical (unpaired) electrons. The summed E-state index contributed by atoms with van der Waals surface area (Å²) in [5, 5.41) is 0.612. The van der Waals surface area contributed by atoms with Gasteiger partial charge in [0.05, 0.1) is 38.0 Å². The Morgan fingerprint density at radius 1 is 0.979 bits per heavy atom. The van der Waals surface area contributed by atoms with Crippen molar-refractivity contribution in [2.24, 2.45) is 0 Å². The average molecular weight is 705 g/mol. The Labute approximate surface area is 283 Å². The summed E-state index contributed by atoms with van der Waals surface area (Å²) in [7, 11) is -0.881. The molecule has 2 aliphatic rings. The SMILES string of the molecule is COC(=O)c1ccc(OC)c(CONC(=O)[C@@H]2c3ccccc3C(=O)N([C@H]3CCCC[C@@H]3NS(C)(=O)=O)[C@H]2c2ccc(Cl)cc2Cl)c1. The smallest absolute Gasteiger partial charge is 0.337 e. The molecule has 2 amide bonds. The van der Waals surface area contributed by atoms with E-state index in [1.54, 1.807) is 65.6 Å². The van der Waals surface area contributed by atoms with Crippen LogP contribution in [0.1, 0.15) is 75.0 Å². The summed E-state index contributed by atoms with van der Waals surface area (Å²) < 4.78 is 37.8. The van der Waals surface area contributed by atoms with Crippen molar-refractivity contribution >= 4 is 51.0 Å². The minimum absolute atomic E-state index is 0.161. The minimum atomic E-state index is -3.62. The Kier molecular flexibility index (Phi) is 10.8. The van der Waals surface area contributed by atoms with Crippen molar-refractivity contribution in [3.8, 4) is 5.75 Å². The highest BCUT2D eigenvalue weighted by Crippen LogP contribution is 2.48. The van der Waals surface area contributed by atoms with Crippen molar-refractivity contribution in [3.63, 3.8) is 0 Å². The number of carbonyl (C=O) groups excluding carboxylic acids is 3. The third-order valence-corrected chi connectivity index (χ3v) is 9.79. The van der Waals surface area contributed by atoms with Gasteiger partial charge in [-0.05, 0) is 60.4 Å². The first-order valence-corrected chi connectivity index (χ1v) is 17.6. The molecule has 250 valence electrons. The lowest BCUT2D eigenvalue weighted by Gasteiger charge is -2.49. The highest BCUT2D eigenvalue weighted by molar-refractivity contribution is 7.88. The standard InChI is InChI=1S/C33H35Cl2N3O8S/c1-44-28-15-12-19(33(41)45-2)16-20(28)18-46-36-31(39)29-22-8-4-5-9-23(22)32(40)38(30(29)24-14-13-21(34)17-25(24)35)27-11-7-6-10-26(27)37-47(3,42)43/h4-5,8-9,12-17,26-27,29-30,37H,6-7,10-11,18H2,1-3H3,(H,36,39)/t26-,27-,29+,30-/m0/s1. The average Bonchev–Trinajstić information content (AvgIpc) is 3.04. The predicted molar refractivity (Wildman–Crippen MR) is 176 cm³/mol. The number of fused-ring (bicyclic) bond motifs is 1. The zero-order valence-corrected chi connectivity index (χ0v) is 28.3. The lowest BCUT2D eigenvalue weighted by Crippen LogP contribution is -2.59. The van der Waals surface area contributed by atoms with Gasteiger partial charge in [-0.3, -0.25) is 14.4 Å². The molecule has 3 aromatic rings. The van der Waals surface area contributed by atoms with Gasteiger partial charge in [0, 0.05) is 33.3 Å². The van der Waals surface area contributed by atoms with Crippen molar-refractivity contribution in [1.29, 1.82) is 0 Å². The lowest BCUT2D eigenvalue weighted by molar-refractivity contribution is -0.138. The molecule has 1 aliphatic carbocycles. The number of nitrogens with zero attached hydrogens (tertiary/aromatic N) is 1. The molecule has 0 spiro atoms. The van der Waals surface area contributed by atoms with Crippen LogP contribution in [-0.2, 0) is 31.0 Å². The Balaban J connectivity index is 1.56. The first-order valence-electron chi connectivity index (χ1n) is 14.9. The van der Waals surface area contributed by atoms with Gasteiger partial charge in [-0.2, -0.15) is 0 Å². The number of hydroxylamine groups is 1. The van der Waals surface area contributed by atoms with Gasteiger partial charge >= 0.3 is 5.97 Å². The van der Waals surface area contributed by atoms with Gasteiger partial charge in [0.25, 0.3) is 11.8 Å². The molecule has 4 atom stereocenters. The molecule has 47 heavy (non-hydrogen) atoms. The van der Waals surface area contributed by atoms with Gasteiger partial charge in [0.1, 0.15) is 12.4 Å². The van der Waals surface area contributed by atoms with E-state index in [2.05, 4.69) is 10.2 Å². The Bertz CT molecular complexity index is 1790. The zero-order valence-electron chi connectivity index (χ0n) is 26.0. The van der Waals surface area contributed by atoms with Gasteiger partial charge in [0.15, 0.2) is 0 Å².